The van der Waals surface area contributed by atoms with Crippen LogP contribution in [0.2, 0.25) is 0 Å². The van der Waals surface area contributed by atoms with E-state index in [4.69, 9.17) is 5.11 Å². The SMILES string of the molecule is O=C(O)CC1(NC(=O)c2cnn3ccncc23)CCCC1. The van der Waals surface area contributed by atoms with Crippen LogP contribution in [0.15, 0.2) is 24.8 Å². The largest absolute Gasteiger partial charge is 0.481 e. The van der Waals surface area contributed by atoms with Crippen LogP contribution in [0.5, 0.6) is 0 Å². The van der Waals surface area contributed by atoms with Crippen molar-refractivity contribution in [3.05, 3.63) is 30.4 Å². The molecule has 7 nitrogen and oxygen atoms in total. The molecule has 7 heteroatoms. The molecule has 0 saturated heterocycles. The Labute approximate surface area is 121 Å². The Morgan fingerprint density at radius 2 is 2.10 bits per heavy atom. The Morgan fingerprint density at radius 1 is 1.33 bits per heavy atom. The number of nitrogens with one attached hydrogen (secondary N) is 1. The summed E-state index contributed by atoms with van der Waals surface area (Å²) in [6.45, 7) is 0. The molecule has 2 aromatic rings. The van der Waals surface area contributed by atoms with E-state index in [0.29, 0.717) is 23.9 Å². The van der Waals surface area contributed by atoms with Gasteiger partial charge in [0, 0.05) is 12.4 Å². The molecule has 0 aliphatic heterocycles. The standard InChI is InChI=1S/C14H16N4O3/c19-12(20)7-14(3-1-2-4-14)17-13(21)10-8-16-18-6-5-15-9-11(10)18/h5-6,8-9H,1-4,7H2,(H,17,21)(H,19,20). The van der Waals surface area contributed by atoms with Crippen molar-refractivity contribution in [1.82, 2.24) is 19.9 Å². The monoisotopic (exact) mass is 288 g/mol. The normalized spacial score (nSPS) is 17.0. The topological polar surface area (TPSA) is 96.6 Å². The molecule has 1 aliphatic rings. The highest BCUT2D eigenvalue weighted by Crippen LogP contribution is 2.33. The summed E-state index contributed by atoms with van der Waals surface area (Å²) in [4.78, 5) is 27.5. The van der Waals surface area contributed by atoms with Gasteiger partial charge in [0.05, 0.1) is 35.4 Å². The lowest BCUT2D eigenvalue weighted by molar-refractivity contribution is -0.138. The Bertz CT molecular complexity index is 688. The van der Waals surface area contributed by atoms with Gasteiger partial charge in [0.25, 0.3) is 5.91 Å². The summed E-state index contributed by atoms with van der Waals surface area (Å²) in [7, 11) is 0. The van der Waals surface area contributed by atoms with Crippen LogP contribution >= 0.6 is 0 Å². The fourth-order valence-electron chi connectivity index (χ4n) is 3.00. The highest BCUT2D eigenvalue weighted by atomic mass is 16.4. The van der Waals surface area contributed by atoms with Gasteiger partial charge in [0.2, 0.25) is 0 Å². The van der Waals surface area contributed by atoms with Gasteiger partial charge in [-0.05, 0) is 12.8 Å². The van der Waals surface area contributed by atoms with Gasteiger partial charge in [-0.25, -0.2) is 4.52 Å². The number of carboxylic acid groups (broad SMARTS) is 1. The number of hydrogen-bond acceptors (Lipinski definition) is 4. The molecule has 2 aromatic heterocycles. The second kappa shape index (κ2) is 5.16. The Hall–Kier alpha value is -2.44. The Morgan fingerprint density at radius 3 is 2.81 bits per heavy atom. The molecule has 2 N–H and O–H groups in total. The zero-order valence-corrected chi connectivity index (χ0v) is 11.5. The number of carbonyl (C=O) groups is 2. The van der Waals surface area contributed by atoms with E-state index in [1.54, 1.807) is 23.1 Å². The molecule has 1 saturated carbocycles. The summed E-state index contributed by atoms with van der Waals surface area (Å²) in [5.74, 6) is -1.18. The maximum absolute atomic E-state index is 12.5. The number of carboxylic acids is 1. The summed E-state index contributed by atoms with van der Waals surface area (Å²) >= 11 is 0. The van der Waals surface area contributed by atoms with Gasteiger partial charge in [0.15, 0.2) is 0 Å². The van der Waals surface area contributed by atoms with Gasteiger partial charge in [-0.3, -0.25) is 14.6 Å². The summed E-state index contributed by atoms with van der Waals surface area (Å²) in [6.07, 6.45) is 9.52. The Kier molecular flexibility index (Phi) is 3.32. The van der Waals surface area contributed by atoms with Crippen LogP contribution in [0.3, 0.4) is 0 Å². The minimum Gasteiger partial charge on any atom is -0.481 e. The van der Waals surface area contributed by atoms with Gasteiger partial charge < -0.3 is 10.4 Å². The first kappa shape index (κ1) is 13.5. The second-order valence-corrected chi connectivity index (χ2v) is 5.48. The van der Waals surface area contributed by atoms with Crippen LogP contribution in [0, 0.1) is 0 Å². The number of rotatable bonds is 4. The Balaban J connectivity index is 1.86. The molecular weight excluding hydrogens is 272 g/mol. The zero-order valence-electron chi connectivity index (χ0n) is 11.5. The maximum atomic E-state index is 12.5. The van der Waals surface area contributed by atoms with E-state index in [1.165, 1.54) is 6.20 Å². The van der Waals surface area contributed by atoms with Crippen molar-refractivity contribution in [1.29, 1.82) is 0 Å². The van der Waals surface area contributed by atoms with Crippen LogP contribution in [0.1, 0.15) is 42.5 Å². The lowest BCUT2D eigenvalue weighted by Gasteiger charge is -2.28. The average molecular weight is 288 g/mol. The minimum absolute atomic E-state index is 0.0454. The molecule has 3 rings (SSSR count). The molecule has 21 heavy (non-hydrogen) atoms. The number of aromatic nitrogens is 3. The molecule has 0 radical (unpaired) electrons. The van der Waals surface area contributed by atoms with Crippen LogP contribution in [0.25, 0.3) is 5.52 Å². The van der Waals surface area contributed by atoms with Crippen molar-refractivity contribution in [2.24, 2.45) is 0 Å². The summed E-state index contributed by atoms with van der Waals surface area (Å²) in [5.41, 5.74) is 0.387. The van der Waals surface area contributed by atoms with E-state index < -0.39 is 11.5 Å². The van der Waals surface area contributed by atoms with E-state index in [1.807, 2.05) is 0 Å². The molecule has 1 amide bonds. The lowest BCUT2D eigenvalue weighted by Crippen LogP contribution is -2.47. The predicted molar refractivity (Wildman–Crippen MR) is 73.9 cm³/mol. The van der Waals surface area contributed by atoms with Crippen molar-refractivity contribution >= 4 is 17.4 Å². The molecule has 1 fully saturated rings. The van der Waals surface area contributed by atoms with Gasteiger partial charge >= 0.3 is 5.97 Å². The maximum Gasteiger partial charge on any atom is 0.305 e. The van der Waals surface area contributed by atoms with Crippen molar-refractivity contribution in [3.8, 4) is 0 Å². The molecule has 0 spiro atoms. The van der Waals surface area contributed by atoms with Crippen LogP contribution in [-0.4, -0.2) is 37.1 Å². The first-order valence-electron chi connectivity index (χ1n) is 6.91. The summed E-state index contributed by atoms with van der Waals surface area (Å²) in [5, 5.41) is 16.1. The smallest absolute Gasteiger partial charge is 0.305 e. The van der Waals surface area contributed by atoms with Gasteiger partial charge in [0.1, 0.15) is 0 Å². The molecule has 2 heterocycles. The first-order valence-corrected chi connectivity index (χ1v) is 6.91. The van der Waals surface area contributed by atoms with Gasteiger partial charge in [-0.15, -0.1) is 0 Å². The van der Waals surface area contributed by atoms with Crippen molar-refractivity contribution in [2.75, 3.05) is 0 Å². The van der Waals surface area contributed by atoms with E-state index >= 15 is 0 Å². The third kappa shape index (κ3) is 2.58. The average Bonchev–Trinajstić information content (AvgIpc) is 3.04. The fraction of sp³-hybridized carbons (Fsp3) is 0.429. The molecule has 0 unspecified atom stereocenters. The number of aliphatic carboxylic acids is 1. The van der Waals surface area contributed by atoms with E-state index in [-0.39, 0.29) is 12.3 Å². The molecule has 0 aromatic carbocycles. The number of carbonyl (C=O) groups excluding carboxylic acids is 1. The highest BCUT2D eigenvalue weighted by Gasteiger charge is 2.38. The number of hydrogen-bond donors (Lipinski definition) is 2. The third-order valence-electron chi connectivity index (χ3n) is 4.00. The molecule has 1 aliphatic carbocycles. The molecule has 0 bridgehead atoms. The van der Waals surface area contributed by atoms with Crippen molar-refractivity contribution in [3.63, 3.8) is 0 Å². The minimum atomic E-state index is -0.890. The van der Waals surface area contributed by atoms with E-state index in [9.17, 15) is 9.59 Å². The first-order chi connectivity index (χ1) is 10.1. The van der Waals surface area contributed by atoms with Gasteiger partial charge in [-0.1, -0.05) is 12.8 Å². The number of fused-ring (bicyclic) bond motifs is 1. The molecule has 0 atom stereocenters. The zero-order chi connectivity index (χ0) is 14.9. The number of amides is 1. The predicted octanol–water partition coefficient (Wildman–Crippen LogP) is 1.25. The quantitative estimate of drug-likeness (QED) is 0.882. The second-order valence-electron chi connectivity index (χ2n) is 5.48. The van der Waals surface area contributed by atoms with E-state index in [0.717, 1.165) is 12.8 Å². The lowest BCUT2D eigenvalue weighted by atomic mass is 9.93. The van der Waals surface area contributed by atoms with Crippen LogP contribution < -0.4 is 5.32 Å². The molecular formula is C14H16N4O3. The van der Waals surface area contributed by atoms with Crippen LogP contribution in [-0.2, 0) is 4.79 Å². The number of nitrogens with zero attached hydrogens (tertiary/aromatic N) is 3. The van der Waals surface area contributed by atoms with Crippen LogP contribution in [0.4, 0.5) is 0 Å². The fourth-order valence-corrected chi connectivity index (χ4v) is 3.00. The van der Waals surface area contributed by atoms with Gasteiger partial charge in [-0.2, -0.15) is 5.10 Å². The third-order valence-corrected chi connectivity index (χ3v) is 4.00. The molecule has 110 valence electrons. The highest BCUT2D eigenvalue weighted by molar-refractivity contribution is 6.01. The summed E-state index contributed by atoms with van der Waals surface area (Å²) in [6, 6.07) is 0. The van der Waals surface area contributed by atoms with Crippen molar-refractivity contribution < 1.29 is 14.7 Å². The summed E-state index contributed by atoms with van der Waals surface area (Å²) < 4.78 is 1.57. The van der Waals surface area contributed by atoms with Crippen molar-refractivity contribution in [2.45, 2.75) is 37.6 Å². The van der Waals surface area contributed by atoms with E-state index in [2.05, 4.69) is 15.4 Å².